The third kappa shape index (κ3) is 4.90. The molecule has 1 N–H and O–H groups in total. The normalized spacial score (nSPS) is 21.7. The second-order valence-corrected chi connectivity index (χ2v) is 7.69. The summed E-state index contributed by atoms with van der Waals surface area (Å²) in [6, 6.07) is 8.38. The molecular weight excluding hydrogens is 348 g/mol. The summed E-state index contributed by atoms with van der Waals surface area (Å²) in [6.07, 6.45) is 2.47. The minimum Gasteiger partial charge on any atom is -0.379 e. The van der Waals surface area contributed by atoms with Crippen LogP contribution in [0.2, 0.25) is 5.02 Å². The van der Waals surface area contributed by atoms with Crippen LogP contribution < -0.4 is 5.32 Å². The van der Waals surface area contributed by atoms with Crippen molar-refractivity contribution >= 4 is 17.6 Å². The molecule has 0 radical (unpaired) electrons. The van der Waals surface area contributed by atoms with Gasteiger partial charge >= 0.3 is 0 Å². The number of morpholine rings is 1. The van der Waals surface area contributed by atoms with Crippen molar-refractivity contribution in [2.45, 2.75) is 25.8 Å². The average Bonchev–Trinajstić information content (AvgIpc) is 2.68. The maximum absolute atomic E-state index is 6.53. The molecule has 1 aromatic carbocycles. The Hall–Kier alpha value is -1.30. The van der Waals surface area contributed by atoms with Crippen LogP contribution in [-0.2, 0) is 4.74 Å². The first-order chi connectivity index (χ1) is 12.7. The molecule has 2 fully saturated rings. The van der Waals surface area contributed by atoms with Gasteiger partial charge in [0.15, 0.2) is 5.96 Å². The molecule has 5 nitrogen and oxygen atoms in total. The van der Waals surface area contributed by atoms with Crippen molar-refractivity contribution in [2.75, 3.05) is 53.0 Å². The van der Waals surface area contributed by atoms with Crippen LogP contribution in [0.4, 0.5) is 0 Å². The third-order valence-electron chi connectivity index (χ3n) is 5.50. The molecule has 26 heavy (non-hydrogen) atoms. The fraction of sp³-hybridized carbons (Fsp3) is 0.650. The quantitative estimate of drug-likeness (QED) is 0.645. The summed E-state index contributed by atoms with van der Waals surface area (Å²) in [6.45, 7) is 8.69. The predicted molar refractivity (Wildman–Crippen MR) is 108 cm³/mol. The topological polar surface area (TPSA) is 40.1 Å². The Morgan fingerprint density at radius 2 is 1.92 bits per heavy atom. The molecule has 0 bridgehead atoms. The molecule has 0 aliphatic carbocycles. The highest BCUT2D eigenvalue weighted by molar-refractivity contribution is 6.31. The number of benzene rings is 1. The highest BCUT2D eigenvalue weighted by Crippen LogP contribution is 2.28. The molecule has 0 amide bonds. The molecule has 0 saturated carbocycles. The monoisotopic (exact) mass is 378 g/mol. The summed E-state index contributed by atoms with van der Waals surface area (Å²) < 4.78 is 5.54. The van der Waals surface area contributed by atoms with Gasteiger partial charge in [0.1, 0.15) is 0 Å². The van der Waals surface area contributed by atoms with Crippen LogP contribution in [0.25, 0.3) is 0 Å². The van der Waals surface area contributed by atoms with E-state index >= 15 is 0 Å². The summed E-state index contributed by atoms with van der Waals surface area (Å²) in [7, 11) is 1.87. The number of ether oxygens (including phenoxy) is 1. The first-order valence-corrected chi connectivity index (χ1v) is 10.1. The highest BCUT2D eigenvalue weighted by Gasteiger charge is 2.26. The summed E-state index contributed by atoms with van der Waals surface area (Å²) in [5, 5.41) is 4.44. The van der Waals surface area contributed by atoms with E-state index in [2.05, 4.69) is 39.2 Å². The van der Waals surface area contributed by atoms with E-state index in [0.717, 1.165) is 62.8 Å². The van der Waals surface area contributed by atoms with Crippen LogP contribution in [0.1, 0.15) is 31.4 Å². The standard InChI is InChI=1S/C20H31ClN4O/c1-16-7-9-25(10-8-16)20(22-2)23-15-19(24-11-13-26-14-12-24)17-5-3-4-6-18(17)21/h3-6,16,19H,7-15H2,1-2H3,(H,22,23). The minimum atomic E-state index is 0.216. The number of hydrogen-bond acceptors (Lipinski definition) is 3. The van der Waals surface area contributed by atoms with E-state index in [4.69, 9.17) is 16.3 Å². The van der Waals surface area contributed by atoms with Crippen molar-refractivity contribution in [1.29, 1.82) is 0 Å². The zero-order valence-corrected chi connectivity index (χ0v) is 16.7. The van der Waals surface area contributed by atoms with Gasteiger partial charge in [-0.25, -0.2) is 0 Å². The number of rotatable bonds is 4. The Morgan fingerprint density at radius 3 is 2.58 bits per heavy atom. The van der Waals surface area contributed by atoms with E-state index in [1.165, 1.54) is 18.4 Å². The Kier molecular flexibility index (Phi) is 7.17. The van der Waals surface area contributed by atoms with Crippen molar-refractivity contribution in [1.82, 2.24) is 15.1 Å². The van der Waals surface area contributed by atoms with Gasteiger partial charge in [-0.2, -0.15) is 0 Å². The second kappa shape index (κ2) is 9.58. The number of nitrogens with one attached hydrogen (secondary N) is 1. The van der Waals surface area contributed by atoms with Crippen molar-refractivity contribution < 1.29 is 4.74 Å². The lowest BCUT2D eigenvalue weighted by Gasteiger charge is -2.37. The maximum Gasteiger partial charge on any atom is 0.193 e. The maximum atomic E-state index is 6.53. The van der Waals surface area contributed by atoms with Crippen molar-refractivity contribution in [3.8, 4) is 0 Å². The van der Waals surface area contributed by atoms with Gasteiger partial charge in [0.25, 0.3) is 0 Å². The Bertz CT molecular complexity index is 595. The lowest BCUT2D eigenvalue weighted by molar-refractivity contribution is 0.0169. The second-order valence-electron chi connectivity index (χ2n) is 7.28. The molecule has 2 aliphatic heterocycles. The number of guanidine groups is 1. The third-order valence-corrected chi connectivity index (χ3v) is 5.84. The first-order valence-electron chi connectivity index (χ1n) is 9.71. The van der Waals surface area contributed by atoms with Crippen molar-refractivity contribution in [3.63, 3.8) is 0 Å². The zero-order chi connectivity index (χ0) is 18.4. The largest absolute Gasteiger partial charge is 0.379 e. The van der Waals surface area contributed by atoms with Gasteiger partial charge in [-0.05, 0) is 30.4 Å². The van der Waals surface area contributed by atoms with E-state index < -0.39 is 0 Å². The van der Waals surface area contributed by atoms with Gasteiger partial charge in [0.05, 0.1) is 19.3 Å². The number of likely N-dealkylation sites (tertiary alicyclic amines) is 1. The van der Waals surface area contributed by atoms with E-state index in [1.54, 1.807) is 0 Å². The predicted octanol–water partition coefficient (Wildman–Crippen LogP) is 3.02. The smallest absolute Gasteiger partial charge is 0.193 e. The average molecular weight is 379 g/mol. The minimum absolute atomic E-state index is 0.216. The van der Waals surface area contributed by atoms with E-state index in [-0.39, 0.29) is 6.04 Å². The summed E-state index contributed by atoms with van der Waals surface area (Å²) >= 11 is 6.53. The molecule has 2 heterocycles. The molecule has 0 aromatic heterocycles. The molecule has 1 atom stereocenters. The van der Waals surface area contributed by atoms with Crippen molar-refractivity contribution in [2.24, 2.45) is 10.9 Å². The lowest BCUT2D eigenvalue weighted by atomic mass is 9.99. The van der Waals surface area contributed by atoms with Crippen LogP contribution >= 0.6 is 11.6 Å². The lowest BCUT2D eigenvalue weighted by Crippen LogP contribution is -2.49. The molecule has 6 heteroatoms. The molecule has 3 rings (SSSR count). The first kappa shape index (κ1) is 19.5. The molecule has 0 spiro atoms. The van der Waals surface area contributed by atoms with Gasteiger partial charge in [0, 0.05) is 44.8 Å². The zero-order valence-electron chi connectivity index (χ0n) is 16.0. The van der Waals surface area contributed by atoms with Gasteiger partial charge in [-0.3, -0.25) is 9.89 Å². The number of piperidine rings is 1. The molecule has 2 aliphatic rings. The van der Waals surface area contributed by atoms with Gasteiger partial charge < -0.3 is 15.0 Å². The Balaban J connectivity index is 1.70. The van der Waals surface area contributed by atoms with E-state index in [9.17, 15) is 0 Å². The SMILES string of the molecule is CN=C(NCC(c1ccccc1Cl)N1CCOCC1)N1CCC(C)CC1. The van der Waals surface area contributed by atoms with E-state index in [0.29, 0.717) is 0 Å². The number of hydrogen-bond donors (Lipinski definition) is 1. The van der Waals surface area contributed by atoms with Crippen LogP contribution in [0.3, 0.4) is 0 Å². The molecule has 144 valence electrons. The van der Waals surface area contributed by atoms with Gasteiger partial charge in [-0.15, -0.1) is 0 Å². The fourth-order valence-corrected chi connectivity index (χ4v) is 4.07. The van der Waals surface area contributed by atoms with Crippen molar-refractivity contribution in [3.05, 3.63) is 34.9 Å². The molecular formula is C20H31ClN4O. The molecule has 1 unspecified atom stereocenters. The summed E-state index contributed by atoms with van der Waals surface area (Å²) in [4.78, 5) is 9.36. The Morgan fingerprint density at radius 1 is 1.23 bits per heavy atom. The van der Waals surface area contributed by atoms with Crippen LogP contribution in [0.5, 0.6) is 0 Å². The number of halogens is 1. The Labute approximate surface area is 162 Å². The van der Waals surface area contributed by atoms with Crippen LogP contribution in [0, 0.1) is 5.92 Å². The molecule has 2 saturated heterocycles. The van der Waals surface area contributed by atoms with Gasteiger partial charge in [-0.1, -0.05) is 36.7 Å². The fourth-order valence-electron chi connectivity index (χ4n) is 3.81. The number of aliphatic imine (C=N–C) groups is 1. The number of nitrogens with zero attached hydrogens (tertiary/aromatic N) is 3. The summed E-state index contributed by atoms with van der Waals surface area (Å²) in [5.74, 6) is 1.82. The van der Waals surface area contributed by atoms with E-state index in [1.807, 2.05) is 19.2 Å². The van der Waals surface area contributed by atoms with Gasteiger partial charge in [0.2, 0.25) is 0 Å². The van der Waals surface area contributed by atoms with Crippen LogP contribution in [0.15, 0.2) is 29.3 Å². The highest BCUT2D eigenvalue weighted by atomic mass is 35.5. The molecule has 1 aromatic rings. The van der Waals surface area contributed by atoms with Crippen LogP contribution in [-0.4, -0.2) is 68.7 Å². The summed E-state index contributed by atoms with van der Waals surface area (Å²) in [5.41, 5.74) is 1.17.